The van der Waals surface area contributed by atoms with Gasteiger partial charge in [0, 0.05) is 12.4 Å². The molecule has 160 valence electrons. The van der Waals surface area contributed by atoms with Gasteiger partial charge < -0.3 is 14.8 Å². The first-order chi connectivity index (χ1) is 14.8. The highest BCUT2D eigenvalue weighted by Crippen LogP contribution is 2.40. The first-order valence-electron chi connectivity index (χ1n) is 9.23. The van der Waals surface area contributed by atoms with E-state index < -0.39 is 28.8 Å². The third kappa shape index (κ3) is 4.16. The quantitative estimate of drug-likeness (QED) is 0.467. The van der Waals surface area contributed by atoms with Crippen LogP contribution in [-0.2, 0) is 11.0 Å². The zero-order valence-corrected chi connectivity index (χ0v) is 15.9. The summed E-state index contributed by atoms with van der Waals surface area (Å²) in [5, 5.41) is 2.57. The maximum absolute atomic E-state index is 14.7. The Bertz CT molecular complexity index is 1110. The molecule has 0 saturated heterocycles. The molecule has 31 heavy (non-hydrogen) atoms. The van der Waals surface area contributed by atoms with Crippen molar-refractivity contribution in [3.63, 3.8) is 0 Å². The molecule has 0 aliphatic carbocycles. The molecule has 5 nitrogen and oxygen atoms in total. The molecular formula is C22H16F4N2O3. The number of pyridine rings is 1. The van der Waals surface area contributed by atoms with Crippen LogP contribution in [0.15, 0.2) is 60.9 Å². The van der Waals surface area contributed by atoms with Gasteiger partial charge in [-0.25, -0.2) is 4.39 Å². The smallest absolute Gasteiger partial charge is 0.417 e. The molecule has 1 aromatic heterocycles. The van der Waals surface area contributed by atoms with Crippen molar-refractivity contribution in [3.8, 4) is 22.6 Å². The highest BCUT2D eigenvalue weighted by atomic mass is 19.4. The minimum absolute atomic E-state index is 0.177. The molecule has 1 atom stereocenters. The molecule has 1 aliphatic heterocycles. The lowest BCUT2D eigenvalue weighted by Crippen LogP contribution is -2.51. The maximum atomic E-state index is 14.7. The van der Waals surface area contributed by atoms with E-state index >= 15 is 0 Å². The van der Waals surface area contributed by atoms with Crippen molar-refractivity contribution in [3.05, 3.63) is 72.3 Å². The van der Waals surface area contributed by atoms with Gasteiger partial charge in [-0.3, -0.25) is 9.78 Å². The van der Waals surface area contributed by atoms with Crippen LogP contribution >= 0.6 is 0 Å². The van der Waals surface area contributed by atoms with E-state index in [1.165, 1.54) is 24.5 Å². The largest absolute Gasteiger partial charge is 0.485 e. The predicted molar refractivity (Wildman–Crippen MR) is 104 cm³/mol. The zero-order chi connectivity index (χ0) is 22.1. The second-order valence-corrected chi connectivity index (χ2v) is 6.98. The summed E-state index contributed by atoms with van der Waals surface area (Å²) in [5.41, 5.74) is -3.09. The number of para-hydroxylation sites is 2. The third-order valence-electron chi connectivity index (χ3n) is 4.83. The molecule has 0 spiro atoms. The number of carbonyl (C=O) groups excluding carboxylic acids is 1. The van der Waals surface area contributed by atoms with Gasteiger partial charge >= 0.3 is 6.18 Å². The third-order valence-corrected chi connectivity index (χ3v) is 4.83. The average molecular weight is 432 g/mol. The average Bonchev–Trinajstić information content (AvgIpc) is 2.77. The number of carbonyl (C=O) groups is 1. The lowest BCUT2D eigenvalue weighted by atomic mass is 9.98. The molecule has 9 heteroatoms. The summed E-state index contributed by atoms with van der Waals surface area (Å²) in [5.74, 6) is -0.155. The molecular weight excluding hydrogens is 416 g/mol. The predicted octanol–water partition coefficient (Wildman–Crippen LogP) is 4.73. The zero-order valence-electron chi connectivity index (χ0n) is 15.9. The number of anilines is 1. The van der Waals surface area contributed by atoms with Crippen LogP contribution in [0.1, 0.15) is 5.56 Å². The molecule has 3 aromatic rings. The minimum atomic E-state index is -4.73. The van der Waals surface area contributed by atoms with Crippen LogP contribution in [-0.4, -0.2) is 30.0 Å². The van der Waals surface area contributed by atoms with Crippen LogP contribution < -0.4 is 14.8 Å². The fourth-order valence-electron chi connectivity index (χ4n) is 3.25. The molecule has 0 saturated carbocycles. The normalized spacial score (nSPS) is 17.8. The Hall–Kier alpha value is -3.62. The molecule has 4 rings (SSSR count). The number of alkyl halides is 3. The highest BCUT2D eigenvalue weighted by molar-refractivity contribution is 5.72. The van der Waals surface area contributed by atoms with Crippen LogP contribution in [0.5, 0.6) is 11.5 Å². The highest BCUT2D eigenvalue weighted by Gasteiger charge is 2.39. The number of ether oxygens (including phenoxy) is 2. The van der Waals surface area contributed by atoms with Crippen molar-refractivity contribution < 1.29 is 31.8 Å². The van der Waals surface area contributed by atoms with E-state index in [1.807, 2.05) is 0 Å². The summed E-state index contributed by atoms with van der Waals surface area (Å²) in [4.78, 5) is 15.5. The molecule has 1 aliphatic rings. The number of aldehydes is 1. The van der Waals surface area contributed by atoms with Gasteiger partial charge in [0.25, 0.3) is 0 Å². The number of nitrogens with zero attached hydrogens (tertiary/aromatic N) is 1. The van der Waals surface area contributed by atoms with Crippen molar-refractivity contribution in [2.24, 2.45) is 0 Å². The number of aromatic nitrogens is 1. The van der Waals surface area contributed by atoms with E-state index in [0.29, 0.717) is 23.9 Å². The Labute approximate surface area is 174 Å². The fraction of sp³-hybridized carbons (Fsp3) is 0.182. The van der Waals surface area contributed by atoms with E-state index in [-0.39, 0.29) is 24.3 Å². The topological polar surface area (TPSA) is 60.5 Å². The minimum Gasteiger partial charge on any atom is -0.485 e. The fourth-order valence-corrected chi connectivity index (χ4v) is 3.25. The van der Waals surface area contributed by atoms with E-state index in [2.05, 4.69) is 10.3 Å². The Balaban J connectivity index is 1.64. The monoisotopic (exact) mass is 432 g/mol. The number of nitrogens with one attached hydrogen (secondary N) is 1. The Morgan fingerprint density at radius 2 is 1.81 bits per heavy atom. The molecule has 0 bridgehead atoms. The van der Waals surface area contributed by atoms with Crippen LogP contribution in [0, 0.1) is 5.82 Å². The first-order valence-corrected chi connectivity index (χ1v) is 9.23. The Morgan fingerprint density at radius 3 is 2.48 bits per heavy atom. The molecule has 1 unspecified atom stereocenters. The summed E-state index contributed by atoms with van der Waals surface area (Å²) in [6.45, 7) is -0.475. The first kappa shape index (κ1) is 20.6. The number of rotatable bonds is 5. The van der Waals surface area contributed by atoms with Crippen LogP contribution in [0.3, 0.4) is 0 Å². The number of halogens is 4. The van der Waals surface area contributed by atoms with Crippen molar-refractivity contribution in [2.45, 2.75) is 11.8 Å². The van der Waals surface area contributed by atoms with Gasteiger partial charge in [0.05, 0.1) is 17.8 Å². The van der Waals surface area contributed by atoms with Crippen LogP contribution in [0.2, 0.25) is 0 Å². The maximum Gasteiger partial charge on any atom is 0.417 e. The SMILES string of the molecule is O=CC1(CNc2cc(C(F)(F)F)c(-c3ccncc3)cc2F)COc2ccccc2O1. The number of hydrogen-bond donors (Lipinski definition) is 1. The second kappa shape index (κ2) is 7.90. The lowest BCUT2D eigenvalue weighted by molar-refractivity contribution is -0.137. The molecule has 0 fully saturated rings. The molecule has 0 radical (unpaired) electrons. The molecule has 0 amide bonds. The second-order valence-electron chi connectivity index (χ2n) is 6.98. The van der Waals surface area contributed by atoms with Crippen molar-refractivity contribution >= 4 is 12.0 Å². The Kier molecular flexibility index (Phi) is 5.26. The van der Waals surface area contributed by atoms with Crippen molar-refractivity contribution in [1.82, 2.24) is 4.98 Å². The van der Waals surface area contributed by atoms with E-state index in [9.17, 15) is 22.4 Å². The van der Waals surface area contributed by atoms with E-state index in [0.717, 1.165) is 6.07 Å². The number of fused-ring (bicyclic) bond motifs is 1. The van der Waals surface area contributed by atoms with E-state index in [1.54, 1.807) is 24.3 Å². The molecule has 2 aromatic carbocycles. The molecule has 2 heterocycles. The van der Waals surface area contributed by atoms with Gasteiger partial charge in [-0.1, -0.05) is 12.1 Å². The van der Waals surface area contributed by atoms with Crippen LogP contribution in [0.4, 0.5) is 23.2 Å². The Morgan fingerprint density at radius 1 is 1.10 bits per heavy atom. The summed E-state index contributed by atoms with van der Waals surface area (Å²) in [6.07, 6.45) is -1.59. The van der Waals surface area contributed by atoms with Crippen molar-refractivity contribution in [2.75, 3.05) is 18.5 Å². The van der Waals surface area contributed by atoms with Gasteiger partial charge in [0.1, 0.15) is 12.4 Å². The van der Waals surface area contributed by atoms with Crippen LogP contribution in [0.25, 0.3) is 11.1 Å². The summed E-state index contributed by atoms with van der Waals surface area (Å²) < 4.78 is 67.0. The van der Waals surface area contributed by atoms with Gasteiger partial charge in [-0.05, 0) is 47.5 Å². The van der Waals surface area contributed by atoms with Gasteiger partial charge in [0.2, 0.25) is 5.60 Å². The van der Waals surface area contributed by atoms with Gasteiger partial charge in [-0.2, -0.15) is 13.2 Å². The molecule has 1 N–H and O–H groups in total. The van der Waals surface area contributed by atoms with Crippen molar-refractivity contribution in [1.29, 1.82) is 0 Å². The van der Waals surface area contributed by atoms with Gasteiger partial charge in [0.15, 0.2) is 17.8 Å². The van der Waals surface area contributed by atoms with E-state index in [4.69, 9.17) is 9.47 Å². The lowest BCUT2D eigenvalue weighted by Gasteiger charge is -2.34. The summed E-state index contributed by atoms with van der Waals surface area (Å²) in [7, 11) is 0. The van der Waals surface area contributed by atoms with Gasteiger partial charge in [-0.15, -0.1) is 0 Å². The number of benzene rings is 2. The number of hydrogen-bond acceptors (Lipinski definition) is 5. The summed E-state index contributed by atoms with van der Waals surface area (Å²) >= 11 is 0. The standard InChI is InChI=1S/C22H16F4N2O3/c23-17-9-15(14-5-7-27-8-6-14)16(22(24,25)26)10-18(17)28-11-21(12-29)13-30-19-3-1-2-4-20(19)31-21/h1-10,12,28H,11,13H2. The summed E-state index contributed by atoms with van der Waals surface area (Å²) in [6, 6.07) is 10.9.